The molecule has 2 N–H and O–H groups in total. The fourth-order valence-electron chi connectivity index (χ4n) is 1.97. The minimum absolute atomic E-state index is 0.409. The normalized spacial score (nSPS) is 10.8. The van der Waals surface area contributed by atoms with E-state index in [0.29, 0.717) is 22.1 Å². The smallest absolute Gasteiger partial charge is 0.239 e. The molecule has 2 amide bonds. The third-order valence-electron chi connectivity index (χ3n) is 3.61. The molecule has 0 saturated heterocycles. The van der Waals surface area contributed by atoms with Crippen LogP contribution in [0, 0.1) is 5.41 Å². The lowest BCUT2D eigenvalue weighted by Crippen LogP contribution is -2.41. The summed E-state index contributed by atoms with van der Waals surface area (Å²) in [6.07, 6.45) is 0. The van der Waals surface area contributed by atoms with Gasteiger partial charge in [-0.15, -0.1) is 0 Å². The number of rotatable bonds is 5. The van der Waals surface area contributed by atoms with Crippen LogP contribution in [0.2, 0.25) is 5.02 Å². The summed E-state index contributed by atoms with van der Waals surface area (Å²) in [6, 6.07) is 13.9. The first-order valence-electron chi connectivity index (χ1n) is 7.36. The highest BCUT2D eigenvalue weighted by Crippen LogP contribution is 2.28. The highest BCUT2D eigenvalue weighted by atomic mass is 35.5. The molecule has 0 aromatic heterocycles. The van der Waals surface area contributed by atoms with Crippen molar-refractivity contribution in [2.45, 2.75) is 13.8 Å². The van der Waals surface area contributed by atoms with Crippen LogP contribution in [-0.2, 0) is 9.59 Å². The zero-order chi connectivity index (χ0) is 17.7. The number of amides is 2. The Labute approximate surface area is 146 Å². The van der Waals surface area contributed by atoms with Gasteiger partial charge in [-0.2, -0.15) is 0 Å². The van der Waals surface area contributed by atoms with Crippen molar-refractivity contribution in [3.63, 3.8) is 0 Å². The lowest BCUT2D eigenvalue weighted by molar-refractivity contribution is -0.135. The first kappa shape index (κ1) is 17.8. The van der Waals surface area contributed by atoms with Crippen LogP contribution in [0.15, 0.2) is 48.5 Å². The molecular weight excluding hydrogens is 328 g/mol. The average Bonchev–Trinajstić information content (AvgIpc) is 2.57. The number of carbonyl (C=O) groups is 2. The quantitative estimate of drug-likeness (QED) is 0.805. The number of nitrogens with one attached hydrogen (secondary N) is 2. The van der Waals surface area contributed by atoms with E-state index >= 15 is 0 Å². The van der Waals surface area contributed by atoms with Crippen LogP contribution in [0.4, 0.5) is 11.4 Å². The van der Waals surface area contributed by atoms with Crippen molar-refractivity contribution in [2.75, 3.05) is 17.7 Å². The summed E-state index contributed by atoms with van der Waals surface area (Å²) in [5.41, 5.74) is -0.342. The topological polar surface area (TPSA) is 67.4 Å². The Morgan fingerprint density at radius 2 is 1.42 bits per heavy atom. The average molecular weight is 347 g/mol. The fourth-order valence-corrected chi connectivity index (χ4v) is 2.15. The first-order valence-corrected chi connectivity index (χ1v) is 7.74. The molecule has 0 atom stereocenters. The van der Waals surface area contributed by atoms with Crippen molar-refractivity contribution in [3.05, 3.63) is 53.6 Å². The molecule has 24 heavy (non-hydrogen) atoms. The highest BCUT2D eigenvalue weighted by molar-refractivity contribution is 6.34. The Hall–Kier alpha value is -2.53. The standard InChI is InChI=1S/C18H19ClN2O3/c1-18(2,16(22)20-13-9-5-4-8-12(13)19)17(23)21-14-10-6-7-11-15(14)24-3/h4-11H,1-3H3,(H,20,22)(H,21,23). The van der Waals surface area contributed by atoms with Crippen molar-refractivity contribution in [3.8, 4) is 5.75 Å². The third-order valence-corrected chi connectivity index (χ3v) is 3.94. The van der Waals surface area contributed by atoms with Crippen LogP contribution in [0.25, 0.3) is 0 Å². The van der Waals surface area contributed by atoms with E-state index < -0.39 is 17.2 Å². The molecule has 5 nitrogen and oxygen atoms in total. The number of benzene rings is 2. The van der Waals surface area contributed by atoms with Gasteiger partial charge in [0.25, 0.3) is 0 Å². The van der Waals surface area contributed by atoms with Crippen LogP contribution < -0.4 is 15.4 Å². The number of hydrogen-bond acceptors (Lipinski definition) is 3. The SMILES string of the molecule is COc1ccccc1NC(=O)C(C)(C)C(=O)Nc1ccccc1Cl. The fraction of sp³-hybridized carbons (Fsp3) is 0.222. The Balaban J connectivity index is 2.15. The first-order chi connectivity index (χ1) is 11.4. The summed E-state index contributed by atoms with van der Waals surface area (Å²) in [6.45, 7) is 3.09. The van der Waals surface area contributed by atoms with Gasteiger partial charge in [0.15, 0.2) is 0 Å². The summed E-state index contributed by atoms with van der Waals surface area (Å²) in [7, 11) is 1.51. The molecule has 0 saturated carbocycles. The molecule has 6 heteroatoms. The van der Waals surface area contributed by atoms with Gasteiger partial charge in [0.1, 0.15) is 11.2 Å². The number of anilines is 2. The molecule has 0 aliphatic carbocycles. The largest absolute Gasteiger partial charge is 0.495 e. The molecule has 2 aromatic rings. The van der Waals surface area contributed by atoms with E-state index in [1.807, 2.05) is 0 Å². The van der Waals surface area contributed by atoms with E-state index in [9.17, 15) is 9.59 Å². The molecule has 0 radical (unpaired) electrons. The lowest BCUT2D eigenvalue weighted by Gasteiger charge is -2.23. The van der Waals surface area contributed by atoms with Crippen LogP contribution in [0.3, 0.4) is 0 Å². The molecule has 0 bridgehead atoms. The Bertz CT molecular complexity index is 759. The molecule has 126 valence electrons. The van der Waals surface area contributed by atoms with Crippen LogP contribution in [-0.4, -0.2) is 18.9 Å². The van der Waals surface area contributed by atoms with Crippen molar-refractivity contribution in [1.29, 1.82) is 0 Å². The van der Waals surface area contributed by atoms with Crippen LogP contribution in [0.5, 0.6) is 5.75 Å². The second kappa shape index (κ2) is 7.36. The molecule has 2 rings (SSSR count). The summed E-state index contributed by atoms with van der Waals surface area (Å²) in [4.78, 5) is 25.1. The second-order valence-electron chi connectivity index (χ2n) is 5.71. The van der Waals surface area contributed by atoms with Crippen molar-refractivity contribution in [2.24, 2.45) is 5.41 Å². The number of para-hydroxylation sites is 3. The summed E-state index contributed by atoms with van der Waals surface area (Å²) < 4.78 is 5.20. The van der Waals surface area contributed by atoms with Crippen molar-refractivity contribution >= 4 is 34.8 Å². The number of halogens is 1. The number of methoxy groups -OCH3 is 1. The maximum atomic E-state index is 12.6. The van der Waals surface area contributed by atoms with Gasteiger partial charge >= 0.3 is 0 Å². The third kappa shape index (κ3) is 3.86. The molecule has 0 aliphatic rings. The van der Waals surface area contributed by atoms with Crippen molar-refractivity contribution < 1.29 is 14.3 Å². The lowest BCUT2D eigenvalue weighted by atomic mass is 9.90. The number of ether oxygens (including phenoxy) is 1. The summed E-state index contributed by atoms with van der Waals surface area (Å²) in [5.74, 6) is -0.382. The maximum absolute atomic E-state index is 12.6. The summed E-state index contributed by atoms with van der Waals surface area (Å²) >= 11 is 6.04. The van der Waals surface area contributed by atoms with Gasteiger partial charge in [-0.05, 0) is 38.1 Å². The Morgan fingerprint density at radius 3 is 2.00 bits per heavy atom. The van der Waals surface area contributed by atoms with Gasteiger partial charge in [0.2, 0.25) is 11.8 Å². The van der Waals surface area contributed by atoms with E-state index in [1.54, 1.807) is 62.4 Å². The monoisotopic (exact) mass is 346 g/mol. The Morgan fingerprint density at radius 1 is 0.917 bits per heavy atom. The van der Waals surface area contributed by atoms with E-state index in [-0.39, 0.29) is 0 Å². The molecular formula is C18H19ClN2O3. The van der Waals surface area contributed by atoms with E-state index in [1.165, 1.54) is 7.11 Å². The minimum atomic E-state index is -1.31. The predicted molar refractivity (Wildman–Crippen MR) is 95.5 cm³/mol. The predicted octanol–water partition coefficient (Wildman–Crippen LogP) is 3.95. The number of hydrogen-bond donors (Lipinski definition) is 2. The van der Waals surface area contributed by atoms with Gasteiger partial charge in [-0.1, -0.05) is 35.9 Å². The molecule has 2 aromatic carbocycles. The van der Waals surface area contributed by atoms with Crippen LogP contribution >= 0.6 is 11.6 Å². The van der Waals surface area contributed by atoms with Crippen LogP contribution in [0.1, 0.15) is 13.8 Å². The van der Waals surface area contributed by atoms with Gasteiger partial charge in [-0.25, -0.2) is 0 Å². The molecule has 0 spiro atoms. The molecule has 0 fully saturated rings. The molecule has 0 heterocycles. The van der Waals surface area contributed by atoms with E-state index in [2.05, 4.69) is 10.6 Å². The molecule has 0 aliphatic heterocycles. The zero-order valence-electron chi connectivity index (χ0n) is 13.7. The Kier molecular flexibility index (Phi) is 5.46. The molecule has 0 unspecified atom stereocenters. The van der Waals surface area contributed by atoms with Gasteiger partial charge < -0.3 is 15.4 Å². The highest BCUT2D eigenvalue weighted by Gasteiger charge is 2.36. The maximum Gasteiger partial charge on any atom is 0.239 e. The van der Waals surface area contributed by atoms with E-state index in [4.69, 9.17) is 16.3 Å². The van der Waals surface area contributed by atoms with Crippen molar-refractivity contribution in [1.82, 2.24) is 0 Å². The van der Waals surface area contributed by atoms with Gasteiger partial charge in [0.05, 0.1) is 23.5 Å². The minimum Gasteiger partial charge on any atom is -0.495 e. The second-order valence-corrected chi connectivity index (χ2v) is 6.12. The summed E-state index contributed by atoms with van der Waals surface area (Å²) in [5, 5.41) is 5.82. The van der Waals surface area contributed by atoms with Gasteiger partial charge in [-0.3, -0.25) is 9.59 Å². The van der Waals surface area contributed by atoms with E-state index in [0.717, 1.165) is 0 Å². The number of carbonyl (C=O) groups excluding carboxylic acids is 2. The van der Waals surface area contributed by atoms with Gasteiger partial charge in [0, 0.05) is 0 Å². The zero-order valence-corrected chi connectivity index (χ0v) is 14.5.